The van der Waals surface area contributed by atoms with Crippen LogP contribution in [0.2, 0.25) is 0 Å². The van der Waals surface area contributed by atoms with E-state index < -0.39 is 0 Å². The fourth-order valence-electron chi connectivity index (χ4n) is 2.86. The topological polar surface area (TPSA) is 12.0 Å². The Balaban J connectivity index is 1.96. The van der Waals surface area contributed by atoms with Crippen molar-refractivity contribution in [1.29, 1.82) is 0 Å². The first-order valence-corrected chi connectivity index (χ1v) is 7.84. The van der Waals surface area contributed by atoms with Crippen LogP contribution in [0.15, 0.2) is 36.4 Å². The van der Waals surface area contributed by atoms with Gasteiger partial charge in [-0.1, -0.05) is 42.0 Å². The molecule has 0 fully saturated rings. The van der Waals surface area contributed by atoms with Crippen LogP contribution in [0.3, 0.4) is 0 Å². The summed E-state index contributed by atoms with van der Waals surface area (Å²) in [5.74, 6) is 0. The summed E-state index contributed by atoms with van der Waals surface area (Å²) in [5.41, 5.74) is 8.30. The first-order valence-electron chi connectivity index (χ1n) is 7.84. The lowest BCUT2D eigenvalue weighted by atomic mass is 9.96. The lowest BCUT2D eigenvalue weighted by molar-refractivity contribution is 0.574. The van der Waals surface area contributed by atoms with Crippen LogP contribution >= 0.6 is 0 Å². The molecule has 2 aromatic carbocycles. The normalized spacial score (nSPS) is 12.4. The lowest BCUT2D eigenvalue weighted by Gasteiger charge is -2.18. The van der Waals surface area contributed by atoms with Crippen LogP contribution in [0.5, 0.6) is 0 Å². The van der Waals surface area contributed by atoms with E-state index in [1.54, 1.807) is 0 Å². The molecule has 21 heavy (non-hydrogen) atoms. The van der Waals surface area contributed by atoms with E-state index in [1.807, 2.05) is 0 Å². The summed E-state index contributed by atoms with van der Waals surface area (Å²) in [5, 5.41) is 3.65. The van der Waals surface area contributed by atoms with Crippen molar-refractivity contribution >= 4 is 0 Å². The molecule has 0 radical (unpaired) electrons. The highest BCUT2D eigenvalue weighted by Gasteiger charge is 2.09. The molecule has 1 atom stereocenters. The highest BCUT2D eigenvalue weighted by Crippen LogP contribution is 2.21. The van der Waals surface area contributed by atoms with Gasteiger partial charge in [0, 0.05) is 6.04 Å². The van der Waals surface area contributed by atoms with E-state index in [0.29, 0.717) is 6.04 Å². The Morgan fingerprint density at radius 2 is 1.62 bits per heavy atom. The molecule has 2 aromatic rings. The first-order chi connectivity index (χ1) is 9.97. The van der Waals surface area contributed by atoms with Crippen molar-refractivity contribution in [3.8, 4) is 0 Å². The number of aryl methyl sites for hydroxylation is 4. The lowest BCUT2D eigenvalue weighted by Crippen LogP contribution is -2.22. The largest absolute Gasteiger partial charge is 0.310 e. The van der Waals surface area contributed by atoms with Gasteiger partial charge >= 0.3 is 0 Å². The SMILES string of the molecule is Cc1cccc(CCNC(C)c2cc(C)c(C)cc2C)c1. The third kappa shape index (κ3) is 4.18. The smallest absolute Gasteiger partial charge is 0.0294 e. The van der Waals surface area contributed by atoms with E-state index in [-0.39, 0.29) is 0 Å². The zero-order valence-electron chi connectivity index (χ0n) is 14.0. The summed E-state index contributed by atoms with van der Waals surface area (Å²) in [6.45, 7) is 12.0. The van der Waals surface area contributed by atoms with E-state index in [1.165, 1.54) is 33.4 Å². The highest BCUT2D eigenvalue weighted by atomic mass is 14.9. The quantitative estimate of drug-likeness (QED) is 0.829. The Morgan fingerprint density at radius 1 is 0.905 bits per heavy atom. The van der Waals surface area contributed by atoms with Crippen molar-refractivity contribution in [1.82, 2.24) is 5.32 Å². The van der Waals surface area contributed by atoms with Crippen molar-refractivity contribution in [2.24, 2.45) is 0 Å². The minimum atomic E-state index is 0.397. The van der Waals surface area contributed by atoms with Crippen LogP contribution in [0, 0.1) is 27.7 Å². The maximum absolute atomic E-state index is 3.65. The zero-order valence-corrected chi connectivity index (χ0v) is 14.0. The monoisotopic (exact) mass is 281 g/mol. The Labute approximate surface area is 129 Å². The van der Waals surface area contributed by atoms with Crippen molar-refractivity contribution < 1.29 is 0 Å². The van der Waals surface area contributed by atoms with Crippen molar-refractivity contribution in [2.75, 3.05) is 6.54 Å². The molecule has 1 heteroatoms. The van der Waals surface area contributed by atoms with Crippen LogP contribution < -0.4 is 5.32 Å². The molecule has 0 saturated carbocycles. The second kappa shape index (κ2) is 6.91. The summed E-state index contributed by atoms with van der Waals surface area (Å²) in [6.07, 6.45) is 1.08. The Bertz CT molecular complexity index is 613. The summed E-state index contributed by atoms with van der Waals surface area (Å²) < 4.78 is 0. The van der Waals surface area contributed by atoms with Gasteiger partial charge in [-0.15, -0.1) is 0 Å². The average Bonchev–Trinajstić information content (AvgIpc) is 2.43. The second-order valence-corrected chi connectivity index (χ2v) is 6.21. The van der Waals surface area contributed by atoms with Gasteiger partial charge in [-0.05, 0) is 75.4 Å². The zero-order chi connectivity index (χ0) is 15.4. The van der Waals surface area contributed by atoms with Crippen molar-refractivity contribution in [3.05, 3.63) is 69.8 Å². The van der Waals surface area contributed by atoms with Crippen LogP contribution in [0.4, 0.5) is 0 Å². The first kappa shape index (κ1) is 15.8. The van der Waals surface area contributed by atoms with Gasteiger partial charge in [0.2, 0.25) is 0 Å². The van der Waals surface area contributed by atoms with Gasteiger partial charge in [0.15, 0.2) is 0 Å². The number of hydrogen-bond donors (Lipinski definition) is 1. The molecule has 0 aliphatic heterocycles. The molecule has 0 heterocycles. The van der Waals surface area contributed by atoms with Gasteiger partial charge < -0.3 is 5.32 Å². The molecule has 0 bridgehead atoms. The van der Waals surface area contributed by atoms with E-state index in [4.69, 9.17) is 0 Å². The summed E-state index contributed by atoms with van der Waals surface area (Å²) in [4.78, 5) is 0. The second-order valence-electron chi connectivity index (χ2n) is 6.21. The molecule has 1 N–H and O–H groups in total. The molecule has 112 valence electrons. The van der Waals surface area contributed by atoms with Gasteiger partial charge in [-0.2, -0.15) is 0 Å². The van der Waals surface area contributed by atoms with Crippen LogP contribution in [0.1, 0.15) is 46.3 Å². The minimum absolute atomic E-state index is 0.397. The maximum atomic E-state index is 3.65. The van der Waals surface area contributed by atoms with E-state index in [9.17, 15) is 0 Å². The standard InChI is InChI=1S/C20H27N/c1-14-7-6-8-19(11-14)9-10-21-18(5)20-13-16(3)15(2)12-17(20)4/h6-8,11-13,18,21H,9-10H2,1-5H3. The van der Waals surface area contributed by atoms with Gasteiger partial charge in [0.05, 0.1) is 0 Å². The van der Waals surface area contributed by atoms with E-state index in [0.717, 1.165) is 13.0 Å². The number of benzene rings is 2. The fraction of sp³-hybridized carbons (Fsp3) is 0.400. The van der Waals surface area contributed by atoms with Crippen LogP contribution in [0.25, 0.3) is 0 Å². The summed E-state index contributed by atoms with van der Waals surface area (Å²) >= 11 is 0. The third-order valence-corrected chi connectivity index (χ3v) is 4.30. The summed E-state index contributed by atoms with van der Waals surface area (Å²) in [7, 11) is 0. The number of rotatable bonds is 5. The molecule has 0 aliphatic rings. The number of nitrogens with one attached hydrogen (secondary N) is 1. The minimum Gasteiger partial charge on any atom is -0.310 e. The predicted molar refractivity (Wildman–Crippen MR) is 92.0 cm³/mol. The molecular weight excluding hydrogens is 254 g/mol. The number of hydrogen-bond acceptors (Lipinski definition) is 1. The van der Waals surface area contributed by atoms with Crippen molar-refractivity contribution in [2.45, 2.75) is 47.1 Å². The van der Waals surface area contributed by atoms with E-state index in [2.05, 4.69) is 76.3 Å². The van der Waals surface area contributed by atoms with Gasteiger partial charge in [-0.25, -0.2) is 0 Å². The molecular formula is C20H27N. The molecule has 0 amide bonds. The molecule has 1 nitrogen and oxygen atoms in total. The Morgan fingerprint density at radius 3 is 2.33 bits per heavy atom. The molecule has 2 rings (SSSR count). The Kier molecular flexibility index (Phi) is 5.19. The Hall–Kier alpha value is -1.60. The highest BCUT2D eigenvalue weighted by molar-refractivity contribution is 5.38. The van der Waals surface area contributed by atoms with Gasteiger partial charge in [0.1, 0.15) is 0 Å². The van der Waals surface area contributed by atoms with Crippen molar-refractivity contribution in [3.63, 3.8) is 0 Å². The van der Waals surface area contributed by atoms with E-state index >= 15 is 0 Å². The maximum Gasteiger partial charge on any atom is 0.0294 e. The predicted octanol–water partition coefficient (Wildman–Crippen LogP) is 4.81. The van der Waals surface area contributed by atoms with Gasteiger partial charge in [0.25, 0.3) is 0 Å². The average molecular weight is 281 g/mol. The summed E-state index contributed by atoms with van der Waals surface area (Å²) in [6, 6.07) is 13.8. The molecule has 1 unspecified atom stereocenters. The fourth-order valence-corrected chi connectivity index (χ4v) is 2.86. The van der Waals surface area contributed by atoms with Crippen LogP contribution in [-0.4, -0.2) is 6.54 Å². The molecule has 0 spiro atoms. The van der Waals surface area contributed by atoms with Crippen LogP contribution in [-0.2, 0) is 6.42 Å². The third-order valence-electron chi connectivity index (χ3n) is 4.30. The molecule has 0 aliphatic carbocycles. The van der Waals surface area contributed by atoms with Gasteiger partial charge in [-0.3, -0.25) is 0 Å². The molecule has 0 saturated heterocycles. The molecule has 0 aromatic heterocycles.